The molecule has 1 unspecified atom stereocenters. The van der Waals surface area contributed by atoms with E-state index in [-0.39, 0.29) is 0 Å². The normalized spacial score (nSPS) is 13.6. The second-order valence-electron chi connectivity index (χ2n) is 4.39. The SMILES string of the molecule is CCCCNC(N)=NCC(C)Cc1cccs1. The minimum atomic E-state index is 0.542. The van der Waals surface area contributed by atoms with Crippen LogP contribution in [0.15, 0.2) is 22.5 Å². The molecular formula is C13H23N3S. The molecule has 3 N–H and O–H groups in total. The Morgan fingerprint density at radius 3 is 3.06 bits per heavy atom. The van der Waals surface area contributed by atoms with Gasteiger partial charge in [0.2, 0.25) is 0 Å². The van der Waals surface area contributed by atoms with Crippen LogP contribution in [0.2, 0.25) is 0 Å². The second kappa shape index (κ2) is 8.12. The van der Waals surface area contributed by atoms with Crippen LogP contribution in [-0.4, -0.2) is 19.0 Å². The number of hydrogen-bond donors (Lipinski definition) is 2. The van der Waals surface area contributed by atoms with E-state index < -0.39 is 0 Å². The Labute approximate surface area is 108 Å². The van der Waals surface area contributed by atoms with E-state index in [9.17, 15) is 0 Å². The standard InChI is InChI=1S/C13H23N3S/c1-3-4-7-15-13(14)16-10-11(2)9-12-6-5-8-17-12/h5-6,8,11H,3-4,7,9-10H2,1-2H3,(H3,14,15,16). The second-order valence-corrected chi connectivity index (χ2v) is 5.43. The van der Waals surface area contributed by atoms with E-state index in [1.165, 1.54) is 11.3 Å². The van der Waals surface area contributed by atoms with Gasteiger partial charge in [0.1, 0.15) is 0 Å². The molecule has 1 aromatic heterocycles. The molecule has 0 amide bonds. The maximum Gasteiger partial charge on any atom is 0.188 e. The van der Waals surface area contributed by atoms with Crippen LogP contribution < -0.4 is 11.1 Å². The fraction of sp³-hybridized carbons (Fsp3) is 0.615. The van der Waals surface area contributed by atoms with Gasteiger partial charge in [-0.2, -0.15) is 0 Å². The monoisotopic (exact) mass is 253 g/mol. The Morgan fingerprint density at radius 2 is 2.41 bits per heavy atom. The average molecular weight is 253 g/mol. The number of hydrogen-bond acceptors (Lipinski definition) is 2. The van der Waals surface area contributed by atoms with E-state index in [1.54, 1.807) is 0 Å². The van der Waals surface area contributed by atoms with Crippen LogP contribution >= 0.6 is 11.3 Å². The number of aliphatic imine (C=N–C) groups is 1. The summed E-state index contributed by atoms with van der Waals surface area (Å²) < 4.78 is 0. The molecule has 1 rings (SSSR count). The highest BCUT2D eigenvalue weighted by Gasteiger charge is 2.03. The number of thiophene rings is 1. The lowest BCUT2D eigenvalue weighted by Crippen LogP contribution is -2.32. The van der Waals surface area contributed by atoms with Gasteiger partial charge in [-0.1, -0.05) is 26.3 Å². The molecule has 0 aromatic carbocycles. The molecular weight excluding hydrogens is 230 g/mol. The van der Waals surface area contributed by atoms with Gasteiger partial charge in [0.25, 0.3) is 0 Å². The first-order chi connectivity index (χ1) is 8.22. The summed E-state index contributed by atoms with van der Waals surface area (Å²) in [6.45, 7) is 6.09. The third-order valence-electron chi connectivity index (χ3n) is 2.54. The molecule has 0 aliphatic rings. The summed E-state index contributed by atoms with van der Waals surface area (Å²) >= 11 is 1.81. The summed E-state index contributed by atoms with van der Waals surface area (Å²) in [6.07, 6.45) is 3.40. The molecule has 0 radical (unpaired) electrons. The van der Waals surface area contributed by atoms with Crippen molar-refractivity contribution in [3.05, 3.63) is 22.4 Å². The van der Waals surface area contributed by atoms with Crippen molar-refractivity contribution in [3.63, 3.8) is 0 Å². The van der Waals surface area contributed by atoms with Crippen LogP contribution in [0, 0.1) is 5.92 Å². The zero-order valence-corrected chi connectivity index (χ0v) is 11.6. The van der Waals surface area contributed by atoms with Crippen LogP contribution in [0.25, 0.3) is 0 Å². The van der Waals surface area contributed by atoms with Crippen molar-refractivity contribution in [3.8, 4) is 0 Å². The van der Waals surface area contributed by atoms with Gasteiger partial charge in [-0.15, -0.1) is 11.3 Å². The topological polar surface area (TPSA) is 50.4 Å². The first kappa shape index (κ1) is 14.0. The molecule has 0 bridgehead atoms. The molecule has 0 saturated heterocycles. The number of nitrogens with two attached hydrogens (primary N) is 1. The molecule has 0 saturated carbocycles. The maximum absolute atomic E-state index is 5.78. The van der Waals surface area contributed by atoms with E-state index in [1.807, 2.05) is 11.3 Å². The van der Waals surface area contributed by atoms with Gasteiger partial charge in [0.15, 0.2) is 5.96 Å². The Balaban J connectivity index is 2.21. The van der Waals surface area contributed by atoms with Crippen molar-refractivity contribution in [1.82, 2.24) is 5.32 Å². The van der Waals surface area contributed by atoms with Gasteiger partial charge >= 0.3 is 0 Å². The molecule has 1 aromatic rings. The summed E-state index contributed by atoms with van der Waals surface area (Å²) in [4.78, 5) is 5.79. The van der Waals surface area contributed by atoms with Gasteiger partial charge in [-0.3, -0.25) is 4.99 Å². The lowest BCUT2D eigenvalue weighted by molar-refractivity contribution is 0.596. The lowest BCUT2D eigenvalue weighted by Gasteiger charge is -2.08. The smallest absolute Gasteiger partial charge is 0.188 e. The lowest BCUT2D eigenvalue weighted by atomic mass is 10.1. The van der Waals surface area contributed by atoms with E-state index in [4.69, 9.17) is 5.73 Å². The van der Waals surface area contributed by atoms with Crippen molar-refractivity contribution in [1.29, 1.82) is 0 Å². The van der Waals surface area contributed by atoms with Crippen molar-refractivity contribution in [2.45, 2.75) is 33.1 Å². The van der Waals surface area contributed by atoms with Gasteiger partial charge in [-0.25, -0.2) is 0 Å². The summed E-state index contributed by atoms with van der Waals surface area (Å²) in [5.41, 5.74) is 5.78. The summed E-state index contributed by atoms with van der Waals surface area (Å²) in [5.74, 6) is 1.12. The highest BCUT2D eigenvalue weighted by molar-refractivity contribution is 7.09. The molecule has 0 spiro atoms. The van der Waals surface area contributed by atoms with Crippen LogP contribution in [0.3, 0.4) is 0 Å². The predicted octanol–water partition coefficient (Wildman–Crippen LogP) is 2.63. The van der Waals surface area contributed by atoms with Crippen molar-refractivity contribution in [2.75, 3.05) is 13.1 Å². The number of guanidine groups is 1. The minimum Gasteiger partial charge on any atom is -0.370 e. The van der Waals surface area contributed by atoms with E-state index in [0.717, 1.165) is 25.9 Å². The van der Waals surface area contributed by atoms with Gasteiger partial charge in [0.05, 0.1) is 0 Å². The third-order valence-corrected chi connectivity index (χ3v) is 3.44. The van der Waals surface area contributed by atoms with Gasteiger partial charge in [-0.05, 0) is 30.2 Å². The van der Waals surface area contributed by atoms with Gasteiger partial charge < -0.3 is 11.1 Å². The van der Waals surface area contributed by atoms with Crippen molar-refractivity contribution < 1.29 is 0 Å². The van der Waals surface area contributed by atoms with E-state index >= 15 is 0 Å². The maximum atomic E-state index is 5.78. The molecule has 0 fully saturated rings. The number of nitrogens with zero attached hydrogens (tertiary/aromatic N) is 1. The summed E-state index contributed by atoms with van der Waals surface area (Å²) in [6, 6.07) is 4.27. The Hall–Kier alpha value is -1.03. The Bertz CT molecular complexity index is 319. The zero-order chi connectivity index (χ0) is 12.5. The molecule has 1 heterocycles. The number of unbranched alkanes of at least 4 members (excludes halogenated alkanes) is 1. The molecule has 0 aliphatic carbocycles. The van der Waals surface area contributed by atoms with E-state index in [2.05, 4.69) is 41.7 Å². The molecule has 1 atom stereocenters. The highest BCUT2D eigenvalue weighted by Crippen LogP contribution is 2.14. The van der Waals surface area contributed by atoms with Crippen LogP contribution in [0.5, 0.6) is 0 Å². The quantitative estimate of drug-likeness (QED) is 0.446. The fourth-order valence-corrected chi connectivity index (χ4v) is 2.41. The zero-order valence-electron chi connectivity index (χ0n) is 10.8. The first-order valence-corrected chi connectivity index (χ1v) is 7.16. The van der Waals surface area contributed by atoms with Gasteiger partial charge in [0, 0.05) is 18.0 Å². The first-order valence-electron chi connectivity index (χ1n) is 6.28. The largest absolute Gasteiger partial charge is 0.370 e. The summed E-state index contributed by atoms with van der Waals surface area (Å²) in [5, 5.41) is 5.25. The fourth-order valence-electron chi connectivity index (χ4n) is 1.54. The average Bonchev–Trinajstić information content (AvgIpc) is 2.79. The molecule has 96 valence electrons. The van der Waals surface area contributed by atoms with Crippen LogP contribution in [-0.2, 0) is 6.42 Å². The van der Waals surface area contributed by atoms with Crippen molar-refractivity contribution in [2.24, 2.45) is 16.6 Å². The number of nitrogens with one attached hydrogen (secondary N) is 1. The number of rotatable bonds is 7. The summed E-state index contributed by atoms with van der Waals surface area (Å²) in [7, 11) is 0. The minimum absolute atomic E-state index is 0.542. The Kier molecular flexibility index (Phi) is 6.70. The molecule has 17 heavy (non-hydrogen) atoms. The third kappa shape index (κ3) is 6.31. The predicted molar refractivity (Wildman–Crippen MR) is 76.6 cm³/mol. The van der Waals surface area contributed by atoms with Crippen LogP contribution in [0.1, 0.15) is 31.6 Å². The highest BCUT2D eigenvalue weighted by atomic mass is 32.1. The van der Waals surface area contributed by atoms with E-state index in [0.29, 0.717) is 11.9 Å². The molecule has 3 nitrogen and oxygen atoms in total. The van der Waals surface area contributed by atoms with Crippen LogP contribution in [0.4, 0.5) is 0 Å². The van der Waals surface area contributed by atoms with Crippen molar-refractivity contribution >= 4 is 17.3 Å². The Morgan fingerprint density at radius 1 is 1.59 bits per heavy atom. The molecule has 4 heteroatoms. The molecule has 0 aliphatic heterocycles.